The van der Waals surface area contributed by atoms with Gasteiger partial charge in [-0.1, -0.05) is 48.0 Å². The van der Waals surface area contributed by atoms with Crippen molar-refractivity contribution in [3.05, 3.63) is 99.4 Å². The Morgan fingerprint density at radius 3 is 2.42 bits per heavy atom. The van der Waals surface area contributed by atoms with Gasteiger partial charge in [-0.2, -0.15) is 0 Å². The van der Waals surface area contributed by atoms with Gasteiger partial charge in [0.25, 0.3) is 11.1 Å². The highest BCUT2D eigenvalue weighted by atomic mass is 35.5. The Morgan fingerprint density at radius 2 is 1.76 bits per heavy atom. The Labute approximate surface area is 199 Å². The first-order valence-electron chi connectivity index (χ1n) is 9.89. The number of hydrogen-bond donors (Lipinski definition) is 0. The van der Waals surface area contributed by atoms with E-state index in [1.54, 1.807) is 55.7 Å². The minimum absolute atomic E-state index is 0.187. The molecule has 4 rings (SSSR count). The van der Waals surface area contributed by atoms with Crippen LogP contribution in [0, 0.1) is 0 Å². The molecule has 1 fully saturated rings. The summed E-state index contributed by atoms with van der Waals surface area (Å²) in [5.41, 5.74) is 1.82. The van der Waals surface area contributed by atoms with Gasteiger partial charge in [-0.3, -0.25) is 14.5 Å². The molecular formula is C25H18ClNO5S. The van der Waals surface area contributed by atoms with Crippen LogP contribution in [0.3, 0.4) is 0 Å². The van der Waals surface area contributed by atoms with E-state index in [4.69, 9.17) is 21.1 Å². The number of halogens is 1. The fraction of sp³-hybridized carbons (Fsp3) is 0.0800. The lowest BCUT2D eigenvalue weighted by atomic mass is 10.2. The van der Waals surface area contributed by atoms with Crippen molar-refractivity contribution in [3.63, 3.8) is 0 Å². The van der Waals surface area contributed by atoms with Gasteiger partial charge in [0.15, 0.2) is 0 Å². The molecule has 0 spiro atoms. The molecule has 1 heterocycles. The largest absolute Gasteiger partial charge is 0.497 e. The molecule has 0 aliphatic carbocycles. The van der Waals surface area contributed by atoms with Crippen LogP contribution in [0.25, 0.3) is 6.08 Å². The molecule has 3 aromatic rings. The maximum atomic E-state index is 12.7. The van der Waals surface area contributed by atoms with E-state index in [9.17, 15) is 14.4 Å². The van der Waals surface area contributed by atoms with E-state index >= 15 is 0 Å². The number of esters is 1. The first-order chi connectivity index (χ1) is 15.9. The summed E-state index contributed by atoms with van der Waals surface area (Å²) in [5, 5.41) is -0.125. The third-order valence-electron chi connectivity index (χ3n) is 4.84. The average molecular weight is 480 g/mol. The molecular weight excluding hydrogens is 462 g/mol. The zero-order chi connectivity index (χ0) is 23.4. The quantitative estimate of drug-likeness (QED) is 0.252. The summed E-state index contributed by atoms with van der Waals surface area (Å²) < 4.78 is 10.5. The smallest absolute Gasteiger partial charge is 0.343 e. The van der Waals surface area contributed by atoms with Crippen LogP contribution >= 0.6 is 23.4 Å². The second kappa shape index (κ2) is 9.94. The van der Waals surface area contributed by atoms with Crippen molar-refractivity contribution >= 4 is 46.6 Å². The maximum Gasteiger partial charge on any atom is 0.343 e. The van der Waals surface area contributed by atoms with Gasteiger partial charge in [0.1, 0.15) is 11.5 Å². The van der Waals surface area contributed by atoms with Gasteiger partial charge in [-0.05, 0) is 65.4 Å². The molecule has 6 nitrogen and oxygen atoms in total. The predicted octanol–water partition coefficient (Wildman–Crippen LogP) is 5.80. The van der Waals surface area contributed by atoms with Crippen LogP contribution in [0.4, 0.5) is 4.79 Å². The SMILES string of the molecule is COc1ccc(C(=O)Oc2ccc(/C=C3\SC(=O)N(Cc4ccccc4)C3=O)cc2Cl)cc1. The predicted molar refractivity (Wildman–Crippen MR) is 127 cm³/mol. The van der Waals surface area contributed by atoms with Crippen molar-refractivity contribution in [1.29, 1.82) is 0 Å². The van der Waals surface area contributed by atoms with Crippen LogP contribution < -0.4 is 9.47 Å². The summed E-state index contributed by atoms with van der Waals surface area (Å²) in [6.07, 6.45) is 1.59. The number of hydrogen-bond acceptors (Lipinski definition) is 6. The standard InChI is InChI=1S/C25H18ClNO5S/c1-31-19-10-8-18(9-11-19)24(29)32-21-12-7-17(13-20(21)26)14-22-23(28)27(25(30)33-22)15-16-5-3-2-4-6-16/h2-14H,15H2,1H3/b22-14-. The number of ether oxygens (including phenoxy) is 2. The lowest BCUT2D eigenvalue weighted by Crippen LogP contribution is -2.27. The van der Waals surface area contributed by atoms with Gasteiger partial charge in [-0.15, -0.1) is 0 Å². The number of amides is 2. The Morgan fingerprint density at radius 1 is 1.03 bits per heavy atom. The molecule has 0 aromatic heterocycles. The summed E-state index contributed by atoms with van der Waals surface area (Å²) in [6, 6.07) is 20.6. The lowest BCUT2D eigenvalue weighted by Gasteiger charge is -2.12. The first-order valence-corrected chi connectivity index (χ1v) is 11.1. The molecule has 0 bridgehead atoms. The highest BCUT2D eigenvalue weighted by Crippen LogP contribution is 2.34. The minimum atomic E-state index is -0.561. The second-order valence-corrected chi connectivity index (χ2v) is 8.46. The third-order valence-corrected chi connectivity index (χ3v) is 6.04. The molecule has 0 saturated carbocycles. The molecule has 1 aliphatic heterocycles. The second-order valence-electron chi connectivity index (χ2n) is 7.06. The molecule has 1 saturated heterocycles. The summed E-state index contributed by atoms with van der Waals surface area (Å²) in [7, 11) is 1.54. The van der Waals surface area contributed by atoms with Gasteiger partial charge in [-0.25, -0.2) is 4.79 Å². The van der Waals surface area contributed by atoms with Gasteiger partial charge in [0.05, 0.1) is 29.1 Å². The molecule has 1 aliphatic rings. The van der Waals surface area contributed by atoms with Crippen molar-refractivity contribution in [2.45, 2.75) is 6.54 Å². The molecule has 0 atom stereocenters. The van der Waals surface area contributed by atoms with E-state index in [0.29, 0.717) is 21.8 Å². The summed E-state index contributed by atoms with van der Waals surface area (Å²) >= 11 is 7.18. The van der Waals surface area contributed by atoms with Crippen molar-refractivity contribution in [2.75, 3.05) is 7.11 Å². The molecule has 0 N–H and O–H groups in total. The van der Waals surface area contributed by atoms with Crippen molar-refractivity contribution < 1.29 is 23.9 Å². The average Bonchev–Trinajstić information content (AvgIpc) is 3.08. The fourth-order valence-electron chi connectivity index (χ4n) is 3.13. The topological polar surface area (TPSA) is 72.9 Å². The highest BCUT2D eigenvalue weighted by molar-refractivity contribution is 8.18. The number of carbonyl (C=O) groups excluding carboxylic acids is 3. The molecule has 8 heteroatoms. The lowest BCUT2D eigenvalue weighted by molar-refractivity contribution is -0.123. The highest BCUT2D eigenvalue weighted by Gasteiger charge is 2.35. The number of rotatable bonds is 6. The van der Waals surface area contributed by atoms with Crippen LogP contribution in [0.1, 0.15) is 21.5 Å². The molecule has 166 valence electrons. The van der Waals surface area contributed by atoms with Gasteiger partial charge in [0, 0.05) is 0 Å². The van der Waals surface area contributed by atoms with Crippen molar-refractivity contribution in [2.24, 2.45) is 0 Å². The Balaban J connectivity index is 1.46. The van der Waals surface area contributed by atoms with Crippen LogP contribution in [-0.2, 0) is 11.3 Å². The fourth-order valence-corrected chi connectivity index (χ4v) is 4.20. The Hall–Kier alpha value is -3.55. The Kier molecular flexibility index (Phi) is 6.82. The monoisotopic (exact) mass is 479 g/mol. The number of imide groups is 1. The zero-order valence-electron chi connectivity index (χ0n) is 17.5. The van der Waals surface area contributed by atoms with Gasteiger partial charge < -0.3 is 9.47 Å². The number of methoxy groups -OCH3 is 1. The van der Waals surface area contributed by atoms with E-state index in [-0.39, 0.29) is 28.5 Å². The van der Waals surface area contributed by atoms with Gasteiger partial charge >= 0.3 is 5.97 Å². The number of benzene rings is 3. The minimum Gasteiger partial charge on any atom is -0.497 e. The zero-order valence-corrected chi connectivity index (χ0v) is 19.1. The molecule has 2 amide bonds. The van der Waals surface area contributed by atoms with E-state index in [2.05, 4.69) is 0 Å². The number of nitrogens with zero attached hydrogens (tertiary/aromatic N) is 1. The maximum absolute atomic E-state index is 12.7. The first kappa shape index (κ1) is 22.6. The van der Waals surface area contributed by atoms with Gasteiger partial charge in [0.2, 0.25) is 0 Å². The van der Waals surface area contributed by atoms with Crippen LogP contribution in [-0.4, -0.2) is 29.1 Å². The van der Waals surface area contributed by atoms with Crippen molar-refractivity contribution in [3.8, 4) is 11.5 Å². The van der Waals surface area contributed by atoms with E-state index < -0.39 is 5.97 Å². The van der Waals surface area contributed by atoms with E-state index in [1.807, 2.05) is 30.3 Å². The summed E-state index contributed by atoms with van der Waals surface area (Å²) in [5.74, 6) is -0.108. The Bertz CT molecular complexity index is 1240. The molecule has 3 aromatic carbocycles. The van der Waals surface area contributed by atoms with Crippen LogP contribution in [0.2, 0.25) is 5.02 Å². The van der Waals surface area contributed by atoms with Crippen molar-refractivity contribution in [1.82, 2.24) is 4.90 Å². The van der Waals surface area contributed by atoms with E-state index in [1.165, 1.54) is 4.90 Å². The molecule has 0 radical (unpaired) electrons. The summed E-state index contributed by atoms with van der Waals surface area (Å²) in [6.45, 7) is 0.212. The third kappa shape index (κ3) is 5.27. The number of thioether (sulfide) groups is 1. The molecule has 0 unspecified atom stereocenters. The van der Waals surface area contributed by atoms with E-state index in [0.717, 1.165) is 17.3 Å². The van der Waals surface area contributed by atoms with Crippen LogP contribution in [0.15, 0.2) is 77.7 Å². The normalized spacial score (nSPS) is 14.6. The molecule has 33 heavy (non-hydrogen) atoms. The number of carbonyl (C=O) groups is 3. The summed E-state index contributed by atoms with van der Waals surface area (Å²) in [4.78, 5) is 39.0. The van der Waals surface area contributed by atoms with Crippen LogP contribution in [0.5, 0.6) is 11.5 Å².